The van der Waals surface area contributed by atoms with Crippen LogP contribution in [0.2, 0.25) is 17.3 Å². The van der Waals surface area contributed by atoms with E-state index in [9.17, 15) is 0 Å². The molecule has 1 rings (SSSR count). The predicted octanol–water partition coefficient (Wildman–Crippen LogP) is 2.75. The Morgan fingerprint density at radius 1 is 1.33 bits per heavy atom. The quantitative estimate of drug-likeness (QED) is 0.548. The Morgan fingerprint density at radius 3 is 2.22 bits per heavy atom. The van der Waals surface area contributed by atoms with Crippen LogP contribution in [-0.4, -0.2) is 13.3 Å². The summed E-state index contributed by atoms with van der Waals surface area (Å²) in [5, 5.41) is 0. The van der Waals surface area contributed by atoms with Gasteiger partial charge < -0.3 is 0 Å². The standard InChI is InChI=1S/C8H14Ge/c1-9(2,3)8-6-4-5-7-8/h4,6-7H,5H2,1-3H3. The molecule has 0 fully saturated rings. The van der Waals surface area contributed by atoms with Crippen molar-refractivity contribution < 1.29 is 0 Å². The molecule has 0 unspecified atom stereocenters. The van der Waals surface area contributed by atoms with E-state index in [0.29, 0.717) is 0 Å². The van der Waals surface area contributed by atoms with Crippen molar-refractivity contribution in [3.63, 3.8) is 0 Å². The third-order valence-corrected chi connectivity index (χ3v) is 6.05. The van der Waals surface area contributed by atoms with E-state index in [1.54, 1.807) is 4.41 Å². The van der Waals surface area contributed by atoms with Gasteiger partial charge in [0.2, 0.25) is 0 Å². The maximum atomic E-state index is 2.43. The Balaban J connectivity index is 2.73. The van der Waals surface area contributed by atoms with Gasteiger partial charge in [-0.1, -0.05) is 0 Å². The van der Waals surface area contributed by atoms with Gasteiger partial charge in [-0.25, -0.2) is 0 Å². The van der Waals surface area contributed by atoms with Crippen LogP contribution in [0.15, 0.2) is 22.6 Å². The molecule has 50 valence electrons. The number of allylic oxidation sites excluding steroid dienone is 4. The number of rotatable bonds is 1. The molecule has 1 aliphatic carbocycles. The van der Waals surface area contributed by atoms with Gasteiger partial charge in [0.1, 0.15) is 0 Å². The fourth-order valence-electron chi connectivity index (χ4n) is 1.01. The second-order valence-corrected chi connectivity index (χ2v) is 14.2. The third-order valence-electron chi connectivity index (χ3n) is 1.64. The van der Waals surface area contributed by atoms with Crippen molar-refractivity contribution in [1.82, 2.24) is 0 Å². The molecule has 1 heteroatoms. The van der Waals surface area contributed by atoms with Crippen molar-refractivity contribution >= 4 is 13.3 Å². The van der Waals surface area contributed by atoms with Crippen molar-refractivity contribution in [2.45, 2.75) is 23.7 Å². The first-order chi connectivity index (χ1) is 4.11. The second kappa shape index (κ2) is 2.33. The van der Waals surface area contributed by atoms with Crippen molar-refractivity contribution in [1.29, 1.82) is 0 Å². The summed E-state index contributed by atoms with van der Waals surface area (Å²) in [7, 11) is 0. The summed E-state index contributed by atoms with van der Waals surface area (Å²) in [6.07, 6.45) is 8.11. The van der Waals surface area contributed by atoms with Gasteiger partial charge >= 0.3 is 59.6 Å². The molecule has 1 aliphatic rings. The molecule has 0 aliphatic heterocycles. The van der Waals surface area contributed by atoms with Crippen molar-refractivity contribution in [2.24, 2.45) is 0 Å². The van der Waals surface area contributed by atoms with Crippen LogP contribution in [0.4, 0.5) is 0 Å². The fraction of sp³-hybridized carbons (Fsp3) is 0.500. The van der Waals surface area contributed by atoms with Crippen molar-refractivity contribution in [3.05, 3.63) is 22.6 Å². The molecule has 0 bridgehead atoms. The van der Waals surface area contributed by atoms with Crippen LogP contribution in [0.3, 0.4) is 0 Å². The van der Waals surface area contributed by atoms with Crippen LogP contribution in [0.1, 0.15) is 6.42 Å². The molecule has 0 aromatic rings. The molecule has 0 atom stereocenters. The van der Waals surface area contributed by atoms with E-state index < -0.39 is 13.3 Å². The van der Waals surface area contributed by atoms with E-state index >= 15 is 0 Å². The monoisotopic (exact) mass is 184 g/mol. The van der Waals surface area contributed by atoms with Crippen LogP contribution in [0, 0.1) is 0 Å². The number of hydrogen-bond donors (Lipinski definition) is 0. The Bertz CT molecular complexity index is 158. The normalized spacial score (nSPS) is 18.3. The van der Waals surface area contributed by atoms with Gasteiger partial charge in [-0.2, -0.15) is 0 Å². The summed E-state index contributed by atoms with van der Waals surface area (Å²) in [5.74, 6) is 7.30. The zero-order chi connectivity index (χ0) is 6.91. The first kappa shape index (κ1) is 7.13. The zero-order valence-corrected chi connectivity index (χ0v) is 8.54. The Labute approximate surface area is 60.0 Å². The molecular weight excluding hydrogens is 169 g/mol. The van der Waals surface area contributed by atoms with Crippen LogP contribution in [0.5, 0.6) is 0 Å². The molecule has 0 nitrogen and oxygen atoms in total. The van der Waals surface area contributed by atoms with E-state index in [0.717, 1.165) is 0 Å². The molecule has 0 heterocycles. The summed E-state index contributed by atoms with van der Waals surface area (Å²) in [6.45, 7) is 0. The van der Waals surface area contributed by atoms with Gasteiger partial charge in [0.25, 0.3) is 0 Å². The van der Waals surface area contributed by atoms with Gasteiger partial charge in [0.15, 0.2) is 0 Å². The SMILES string of the molecule is [CH3][Ge]([CH3])([CH3])[C]1=CCC=C1. The van der Waals surface area contributed by atoms with Gasteiger partial charge in [0.05, 0.1) is 0 Å². The molecule has 0 saturated carbocycles. The molecule has 0 aromatic heterocycles. The Hall–Kier alpha value is 0.0229. The molecule has 9 heavy (non-hydrogen) atoms. The zero-order valence-electron chi connectivity index (χ0n) is 6.44. The predicted molar refractivity (Wildman–Crippen MR) is 45.2 cm³/mol. The molecule has 0 aromatic carbocycles. The summed E-state index contributed by atoms with van der Waals surface area (Å²) >= 11 is -1.41. The molecule has 0 N–H and O–H groups in total. The summed E-state index contributed by atoms with van der Waals surface area (Å²) < 4.78 is 1.66. The average Bonchev–Trinajstić information content (AvgIpc) is 2.08. The van der Waals surface area contributed by atoms with Crippen LogP contribution in [0.25, 0.3) is 0 Å². The van der Waals surface area contributed by atoms with Crippen LogP contribution < -0.4 is 0 Å². The first-order valence-corrected chi connectivity index (χ1v) is 10.8. The van der Waals surface area contributed by atoms with Gasteiger partial charge in [-0.3, -0.25) is 0 Å². The molecule has 0 amide bonds. The van der Waals surface area contributed by atoms with Gasteiger partial charge in [0, 0.05) is 0 Å². The molecule has 0 spiro atoms. The summed E-state index contributed by atoms with van der Waals surface area (Å²) in [6, 6.07) is 0. The van der Waals surface area contributed by atoms with Crippen LogP contribution >= 0.6 is 0 Å². The van der Waals surface area contributed by atoms with E-state index in [4.69, 9.17) is 0 Å². The Morgan fingerprint density at radius 2 is 2.00 bits per heavy atom. The van der Waals surface area contributed by atoms with Gasteiger partial charge in [-0.15, -0.1) is 0 Å². The molecule has 0 radical (unpaired) electrons. The Kier molecular flexibility index (Phi) is 1.85. The first-order valence-electron chi connectivity index (χ1n) is 3.48. The molecule has 0 saturated heterocycles. The minimum atomic E-state index is -1.41. The maximum absolute atomic E-state index is 2.43. The van der Waals surface area contributed by atoms with Gasteiger partial charge in [-0.05, 0) is 0 Å². The minimum absolute atomic E-state index is 1.18. The number of hydrogen-bond acceptors (Lipinski definition) is 0. The fourth-order valence-corrected chi connectivity index (χ4v) is 3.84. The van der Waals surface area contributed by atoms with E-state index in [1.165, 1.54) is 6.42 Å². The average molecular weight is 183 g/mol. The van der Waals surface area contributed by atoms with E-state index in [-0.39, 0.29) is 0 Å². The topological polar surface area (TPSA) is 0 Å². The third kappa shape index (κ3) is 1.72. The molecular formula is C8H14Ge. The van der Waals surface area contributed by atoms with Crippen LogP contribution in [-0.2, 0) is 0 Å². The van der Waals surface area contributed by atoms with E-state index in [2.05, 4.69) is 35.5 Å². The van der Waals surface area contributed by atoms with Crippen molar-refractivity contribution in [2.75, 3.05) is 0 Å². The summed E-state index contributed by atoms with van der Waals surface area (Å²) in [4.78, 5) is 0. The second-order valence-electron chi connectivity index (χ2n) is 3.55. The van der Waals surface area contributed by atoms with E-state index in [1.807, 2.05) is 0 Å². The van der Waals surface area contributed by atoms with Crippen molar-refractivity contribution in [3.8, 4) is 0 Å². The summed E-state index contributed by atoms with van der Waals surface area (Å²) in [5.41, 5.74) is 0.